The van der Waals surface area contributed by atoms with Gasteiger partial charge in [-0.3, -0.25) is 9.78 Å². The summed E-state index contributed by atoms with van der Waals surface area (Å²) < 4.78 is 5.64. The molecule has 0 atom stereocenters. The van der Waals surface area contributed by atoms with Crippen molar-refractivity contribution in [2.24, 2.45) is 0 Å². The number of aryl methyl sites for hydroxylation is 2. The van der Waals surface area contributed by atoms with E-state index in [1.54, 1.807) is 24.4 Å². The number of hydrogen-bond acceptors (Lipinski definition) is 3. The van der Waals surface area contributed by atoms with Gasteiger partial charge in [-0.1, -0.05) is 23.8 Å². The van der Waals surface area contributed by atoms with Crippen LogP contribution < -0.4 is 10.1 Å². The zero-order valence-corrected chi connectivity index (χ0v) is 11.7. The summed E-state index contributed by atoms with van der Waals surface area (Å²) in [6, 6.07) is 11.3. The highest BCUT2D eigenvalue weighted by Gasteiger charge is 2.05. The molecule has 0 saturated heterocycles. The lowest BCUT2D eigenvalue weighted by atomic mass is 10.1. The number of rotatable bonds is 5. The van der Waals surface area contributed by atoms with Gasteiger partial charge in [0.25, 0.3) is 5.91 Å². The van der Waals surface area contributed by atoms with Gasteiger partial charge in [0.15, 0.2) is 0 Å². The quantitative estimate of drug-likeness (QED) is 0.849. The van der Waals surface area contributed by atoms with Crippen LogP contribution >= 0.6 is 0 Å². The predicted molar refractivity (Wildman–Crippen MR) is 78.0 cm³/mol. The minimum Gasteiger partial charge on any atom is -0.491 e. The number of benzene rings is 1. The van der Waals surface area contributed by atoms with Crippen molar-refractivity contribution >= 4 is 5.91 Å². The summed E-state index contributed by atoms with van der Waals surface area (Å²) in [6.45, 7) is 4.93. The number of hydrogen-bond donors (Lipinski definition) is 1. The number of ether oxygens (including phenoxy) is 1. The zero-order valence-electron chi connectivity index (χ0n) is 11.7. The topological polar surface area (TPSA) is 51.2 Å². The van der Waals surface area contributed by atoms with E-state index in [1.807, 2.05) is 26.0 Å². The van der Waals surface area contributed by atoms with Crippen LogP contribution in [0.3, 0.4) is 0 Å². The zero-order chi connectivity index (χ0) is 14.4. The van der Waals surface area contributed by atoms with E-state index in [9.17, 15) is 4.79 Å². The first-order valence-electron chi connectivity index (χ1n) is 6.56. The summed E-state index contributed by atoms with van der Waals surface area (Å²) >= 11 is 0. The van der Waals surface area contributed by atoms with Crippen molar-refractivity contribution in [3.63, 3.8) is 0 Å². The van der Waals surface area contributed by atoms with E-state index in [0.717, 1.165) is 11.3 Å². The molecule has 0 saturated carbocycles. The fourth-order valence-corrected chi connectivity index (χ4v) is 1.87. The molecule has 1 amide bonds. The van der Waals surface area contributed by atoms with Crippen molar-refractivity contribution < 1.29 is 9.53 Å². The average molecular weight is 270 g/mol. The Morgan fingerprint density at radius 2 is 2.10 bits per heavy atom. The third kappa shape index (κ3) is 3.82. The summed E-state index contributed by atoms with van der Waals surface area (Å²) in [4.78, 5) is 15.7. The molecule has 0 radical (unpaired) electrons. The highest BCUT2D eigenvalue weighted by molar-refractivity contribution is 5.92. The molecule has 0 unspecified atom stereocenters. The molecule has 0 bridgehead atoms. The summed E-state index contributed by atoms with van der Waals surface area (Å²) in [5.74, 6) is 0.664. The van der Waals surface area contributed by atoms with E-state index in [-0.39, 0.29) is 5.91 Å². The molecule has 0 spiro atoms. The molecule has 0 aliphatic rings. The number of carbonyl (C=O) groups excluding carboxylic acids is 1. The van der Waals surface area contributed by atoms with Crippen LogP contribution in [0.1, 0.15) is 21.6 Å². The van der Waals surface area contributed by atoms with Crippen LogP contribution in [0.5, 0.6) is 5.75 Å². The average Bonchev–Trinajstić information content (AvgIpc) is 2.46. The number of aromatic nitrogens is 1. The van der Waals surface area contributed by atoms with E-state index in [1.165, 1.54) is 5.56 Å². The molecule has 0 aliphatic heterocycles. The van der Waals surface area contributed by atoms with Gasteiger partial charge >= 0.3 is 0 Å². The second-order valence-corrected chi connectivity index (χ2v) is 4.59. The van der Waals surface area contributed by atoms with Gasteiger partial charge in [0.2, 0.25) is 0 Å². The van der Waals surface area contributed by atoms with Crippen molar-refractivity contribution in [1.29, 1.82) is 0 Å². The van der Waals surface area contributed by atoms with Gasteiger partial charge in [-0.25, -0.2) is 0 Å². The number of nitrogens with zero attached hydrogens (tertiary/aromatic N) is 1. The molecule has 1 aromatic carbocycles. The van der Waals surface area contributed by atoms with Gasteiger partial charge in [0, 0.05) is 6.20 Å². The van der Waals surface area contributed by atoms with Crippen LogP contribution in [-0.2, 0) is 0 Å². The molecule has 4 nitrogen and oxygen atoms in total. The monoisotopic (exact) mass is 270 g/mol. The lowest BCUT2D eigenvalue weighted by Gasteiger charge is -2.10. The summed E-state index contributed by atoms with van der Waals surface area (Å²) in [6.07, 6.45) is 1.60. The van der Waals surface area contributed by atoms with E-state index >= 15 is 0 Å². The second kappa shape index (κ2) is 6.70. The fraction of sp³-hybridized carbons (Fsp3) is 0.250. The van der Waals surface area contributed by atoms with Crippen LogP contribution in [0.4, 0.5) is 0 Å². The maximum atomic E-state index is 11.7. The molecular weight excluding hydrogens is 252 g/mol. The third-order valence-electron chi connectivity index (χ3n) is 2.87. The smallest absolute Gasteiger partial charge is 0.269 e. The van der Waals surface area contributed by atoms with Gasteiger partial charge in [-0.05, 0) is 37.6 Å². The van der Waals surface area contributed by atoms with Crippen LogP contribution in [0, 0.1) is 13.8 Å². The maximum absolute atomic E-state index is 11.7. The molecule has 1 aromatic heterocycles. The Morgan fingerprint density at radius 3 is 2.80 bits per heavy atom. The Morgan fingerprint density at radius 1 is 1.25 bits per heavy atom. The van der Waals surface area contributed by atoms with Crippen molar-refractivity contribution in [3.8, 4) is 5.75 Å². The van der Waals surface area contributed by atoms with Crippen LogP contribution in [0.15, 0.2) is 42.6 Å². The molecule has 1 heterocycles. The first-order valence-corrected chi connectivity index (χ1v) is 6.56. The lowest BCUT2D eigenvalue weighted by molar-refractivity contribution is 0.0942. The first kappa shape index (κ1) is 14.1. The van der Waals surface area contributed by atoms with Crippen molar-refractivity contribution in [2.75, 3.05) is 13.2 Å². The number of amides is 1. The molecule has 2 rings (SSSR count). The fourth-order valence-electron chi connectivity index (χ4n) is 1.87. The maximum Gasteiger partial charge on any atom is 0.269 e. The Bertz CT molecular complexity index is 582. The number of nitrogens with one attached hydrogen (secondary N) is 1. The SMILES string of the molecule is Cc1ccc(OCCNC(=O)c2ccccn2)c(C)c1. The predicted octanol–water partition coefficient (Wildman–Crippen LogP) is 2.51. The summed E-state index contributed by atoms with van der Waals surface area (Å²) in [5, 5.41) is 2.77. The Hall–Kier alpha value is -2.36. The van der Waals surface area contributed by atoms with Crippen LogP contribution in [-0.4, -0.2) is 24.0 Å². The Labute approximate surface area is 118 Å². The molecule has 0 aliphatic carbocycles. The number of carbonyl (C=O) groups is 1. The van der Waals surface area contributed by atoms with E-state index in [4.69, 9.17) is 4.74 Å². The van der Waals surface area contributed by atoms with E-state index in [2.05, 4.69) is 16.4 Å². The highest BCUT2D eigenvalue weighted by Crippen LogP contribution is 2.18. The second-order valence-electron chi connectivity index (χ2n) is 4.59. The highest BCUT2D eigenvalue weighted by atomic mass is 16.5. The molecule has 104 valence electrons. The minimum absolute atomic E-state index is 0.185. The van der Waals surface area contributed by atoms with E-state index < -0.39 is 0 Å². The molecule has 1 N–H and O–H groups in total. The number of pyridine rings is 1. The molecule has 2 aromatic rings. The van der Waals surface area contributed by atoms with Gasteiger partial charge in [-0.15, -0.1) is 0 Å². The third-order valence-corrected chi connectivity index (χ3v) is 2.87. The van der Waals surface area contributed by atoms with Crippen molar-refractivity contribution in [2.45, 2.75) is 13.8 Å². The van der Waals surface area contributed by atoms with Gasteiger partial charge < -0.3 is 10.1 Å². The molecular formula is C16H18N2O2. The van der Waals surface area contributed by atoms with Gasteiger partial charge in [0.1, 0.15) is 18.1 Å². The summed E-state index contributed by atoms with van der Waals surface area (Å²) in [5.41, 5.74) is 2.72. The standard InChI is InChI=1S/C16H18N2O2/c1-12-6-7-15(13(2)11-12)20-10-9-18-16(19)14-5-3-4-8-17-14/h3-8,11H,9-10H2,1-2H3,(H,18,19). The van der Waals surface area contributed by atoms with Crippen molar-refractivity contribution in [1.82, 2.24) is 10.3 Å². The van der Waals surface area contributed by atoms with Crippen LogP contribution in [0.2, 0.25) is 0 Å². The Kier molecular flexibility index (Phi) is 4.71. The minimum atomic E-state index is -0.185. The Balaban J connectivity index is 1.78. The normalized spacial score (nSPS) is 10.1. The molecule has 4 heteroatoms. The van der Waals surface area contributed by atoms with Gasteiger partial charge in [-0.2, -0.15) is 0 Å². The largest absolute Gasteiger partial charge is 0.491 e. The first-order chi connectivity index (χ1) is 9.66. The summed E-state index contributed by atoms with van der Waals surface area (Å²) in [7, 11) is 0. The lowest BCUT2D eigenvalue weighted by Crippen LogP contribution is -2.28. The van der Waals surface area contributed by atoms with Crippen molar-refractivity contribution in [3.05, 3.63) is 59.4 Å². The molecule has 0 fully saturated rings. The van der Waals surface area contributed by atoms with E-state index in [0.29, 0.717) is 18.8 Å². The van der Waals surface area contributed by atoms with Crippen LogP contribution in [0.25, 0.3) is 0 Å². The molecule has 20 heavy (non-hydrogen) atoms. The van der Waals surface area contributed by atoms with Gasteiger partial charge in [0.05, 0.1) is 6.54 Å².